The van der Waals surface area contributed by atoms with Crippen molar-refractivity contribution in [2.24, 2.45) is 7.05 Å². The summed E-state index contributed by atoms with van der Waals surface area (Å²) in [6.45, 7) is 6.17. The monoisotopic (exact) mass is 312 g/mol. The number of aromatic nitrogens is 2. The van der Waals surface area contributed by atoms with E-state index >= 15 is 0 Å². The number of nitrogens with one attached hydrogen (secondary N) is 1. The molecule has 0 spiro atoms. The normalized spacial score (nSPS) is 18.6. The van der Waals surface area contributed by atoms with Crippen LogP contribution >= 0.6 is 11.6 Å². The van der Waals surface area contributed by atoms with E-state index in [4.69, 9.17) is 11.6 Å². The summed E-state index contributed by atoms with van der Waals surface area (Å²) in [5, 5.41) is 7.71. The summed E-state index contributed by atoms with van der Waals surface area (Å²) in [6.07, 6.45) is 1.04. The van der Waals surface area contributed by atoms with Gasteiger partial charge in [0, 0.05) is 20.0 Å². The van der Waals surface area contributed by atoms with E-state index in [0.717, 1.165) is 17.8 Å². The molecule has 1 aliphatic heterocycles. The fourth-order valence-corrected chi connectivity index (χ4v) is 2.87. The standard InChI is InChI=1S/C14H21ClN4O2/c1-5-9-12(15)10(18(4)17-9)8-19-7-6-11(20)16-14(2,3)13(19)21/h5-8H2,1-4H3,(H,16,20). The van der Waals surface area contributed by atoms with Gasteiger partial charge in [-0.2, -0.15) is 5.10 Å². The van der Waals surface area contributed by atoms with Crippen LogP contribution < -0.4 is 5.32 Å². The lowest BCUT2D eigenvalue weighted by atomic mass is 10.0. The minimum Gasteiger partial charge on any atom is -0.342 e. The predicted molar refractivity (Wildman–Crippen MR) is 79.9 cm³/mol. The van der Waals surface area contributed by atoms with Crippen LogP contribution in [-0.2, 0) is 29.6 Å². The molecule has 1 aromatic rings. The van der Waals surface area contributed by atoms with Gasteiger partial charge in [0.2, 0.25) is 11.8 Å². The molecule has 1 aliphatic rings. The van der Waals surface area contributed by atoms with Gasteiger partial charge < -0.3 is 10.2 Å². The highest BCUT2D eigenvalue weighted by Crippen LogP contribution is 2.24. The Balaban J connectivity index is 2.28. The summed E-state index contributed by atoms with van der Waals surface area (Å²) in [5.74, 6) is -0.218. The Kier molecular flexibility index (Phi) is 4.27. The lowest BCUT2D eigenvalue weighted by Crippen LogP contribution is -2.52. The molecule has 0 bridgehead atoms. The van der Waals surface area contributed by atoms with Gasteiger partial charge in [-0.15, -0.1) is 0 Å². The van der Waals surface area contributed by atoms with Crippen LogP contribution in [0.15, 0.2) is 0 Å². The molecule has 1 aromatic heterocycles. The lowest BCUT2D eigenvalue weighted by molar-refractivity contribution is -0.137. The first-order valence-electron chi connectivity index (χ1n) is 7.07. The average Bonchev–Trinajstić information content (AvgIpc) is 2.63. The van der Waals surface area contributed by atoms with Gasteiger partial charge in [-0.05, 0) is 20.3 Å². The zero-order valence-electron chi connectivity index (χ0n) is 12.9. The molecular formula is C14H21ClN4O2. The second-order valence-corrected chi connectivity index (χ2v) is 6.21. The summed E-state index contributed by atoms with van der Waals surface area (Å²) >= 11 is 6.33. The van der Waals surface area contributed by atoms with Crippen LogP contribution in [-0.4, -0.2) is 38.6 Å². The average molecular weight is 313 g/mol. The molecule has 2 heterocycles. The smallest absolute Gasteiger partial charge is 0.248 e. The molecule has 2 rings (SSSR count). The molecular weight excluding hydrogens is 292 g/mol. The summed E-state index contributed by atoms with van der Waals surface area (Å²) in [7, 11) is 1.82. The molecule has 0 atom stereocenters. The van der Waals surface area contributed by atoms with Crippen molar-refractivity contribution in [2.75, 3.05) is 6.54 Å². The van der Waals surface area contributed by atoms with Gasteiger partial charge >= 0.3 is 0 Å². The SMILES string of the molecule is CCc1nn(C)c(CN2CCC(=O)NC(C)(C)C2=O)c1Cl. The van der Waals surface area contributed by atoms with Crippen LogP contribution in [0.25, 0.3) is 0 Å². The molecule has 116 valence electrons. The van der Waals surface area contributed by atoms with Gasteiger partial charge in [0.1, 0.15) is 5.54 Å². The molecule has 21 heavy (non-hydrogen) atoms. The fourth-order valence-electron chi connectivity index (χ4n) is 2.52. The highest BCUT2D eigenvalue weighted by atomic mass is 35.5. The Morgan fingerprint density at radius 2 is 2.05 bits per heavy atom. The molecule has 0 aromatic carbocycles. The Labute approximate surface area is 129 Å². The van der Waals surface area contributed by atoms with Crippen molar-refractivity contribution in [1.29, 1.82) is 0 Å². The van der Waals surface area contributed by atoms with E-state index in [-0.39, 0.29) is 11.8 Å². The van der Waals surface area contributed by atoms with Crippen LogP contribution in [0, 0.1) is 0 Å². The van der Waals surface area contributed by atoms with E-state index in [9.17, 15) is 9.59 Å². The van der Waals surface area contributed by atoms with E-state index in [0.29, 0.717) is 24.5 Å². The molecule has 0 saturated carbocycles. The minimum atomic E-state index is -0.897. The summed E-state index contributed by atoms with van der Waals surface area (Å²) < 4.78 is 1.71. The summed E-state index contributed by atoms with van der Waals surface area (Å²) in [4.78, 5) is 25.9. The number of nitrogens with zero attached hydrogens (tertiary/aromatic N) is 3. The number of aryl methyl sites for hydroxylation is 2. The number of carbonyl (C=O) groups excluding carboxylic acids is 2. The summed E-state index contributed by atoms with van der Waals surface area (Å²) in [6, 6.07) is 0. The third-order valence-corrected chi connectivity index (χ3v) is 4.16. The van der Waals surface area contributed by atoms with Gasteiger partial charge in [0.05, 0.1) is 23.0 Å². The van der Waals surface area contributed by atoms with E-state index in [1.165, 1.54) is 0 Å². The number of amides is 2. The quantitative estimate of drug-likeness (QED) is 0.914. The fraction of sp³-hybridized carbons (Fsp3) is 0.643. The first-order valence-corrected chi connectivity index (χ1v) is 7.44. The zero-order valence-corrected chi connectivity index (χ0v) is 13.6. The number of rotatable bonds is 3. The number of carbonyl (C=O) groups is 2. The maximum Gasteiger partial charge on any atom is 0.248 e. The van der Waals surface area contributed by atoms with Crippen molar-refractivity contribution in [1.82, 2.24) is 20.0 Å². The van der Waals surface area contributed by atoms with Gasteiger partial charge in [-0.25, -0.2) is 0 Å². The van der Waals surface area contributed by atoms with E-state index < -0.39 is 5.54 Å². The molecule has 7 heteroatoms. The van der Waals surface area contributed by atoms with Crippen molar-refractivity contribution < 1.29 is 9.59 Å². The van der Waals surface area contributed by atoms with Gasteiger partial charge in [0.15, 0.2) is 0 Å². The van der Waals surface area contributed by atoms with Crippen LogP contribution in [0.3, 0.4) is 0 Å². The van der Waals surface area contributed by atoms with E-state index in [1.54, 1.807) is 23.4 Å². The van der Waals surface area contributed by atoms with Crippen molar-refractivity contribution in [3.63, 3.8) is 0 Å². The minimum absolute atomic E-state index is 0.108. The lowest BCUT2D eigenvalue weighted by Gasteiger charge is -2.28. The highest BCUT2D eigenvalue weighted by Gasteiger charge is 2.37. The Bertz CT molecular complexity index is 580. The maximum atomic E-state index is 12.6. The molecule has 1 N–H and O–H groups in total. The predicted octanol–water partition coefficient (Wildman–Crippen LogP) is 1.26. The first kappa shape index (κ1) is 15.8. The Morgan fingerprint density at radius 3 is 2.62 bits per heavy atom. The van der Waals surface area contributed by atoms with Crippen LogP contribution in [0.1, 0.15) is 38.6 Å². The molecule has 1 fully saturated rings. The maximum absolute atomic E-state index is 12.6. The van der Waals surface area contributed by atoms with Crippen LogP contribution in [0.2, 0.25) is 5.02 Å². The third kappa shape index (κ3) is 3.05. The molecule has 1 saturated heterocycles. The van der Waals surface area contributed by atoms with Crippen molar-refractivity contribution >= 4 is 23.4 Å². The first-order chi connectivity index (χ1) is 9.76. The van der Waals surface area contributed by atoms with Gasteiger partial charge in [-0.1, -0.05) is 18.5 Å². The molecule has 6 nitrogen and oxygen atoms in total. The van der Waals surface area contributed by atoms with Crippen LogP contribution in [0.4, 0.5) is 0 Å². The van der Waals surface area contributed by atoms with E-state index in [1.807, 2.05) is 14.0 Å². The second kappa shape index (κ2) is 5.67. The van der Waals surface area contributed by atoms with Crippen molar-refractivity contribution in [3.8, 4) is 0 Å². The largest absolute Gasteiger partial charge is 0.342 e. The van der Waals surface area contributed by atoms with Gasteiger partial charge in [-0.3, -0.25) is 14.3 Å². The Hall–Kier alpha value is -1.56. The van der Waals surface area contributed by atoms with Gasteiger partial charge in [0.25, 0.3) is 0 Å². The number of hydrogen-bond acceptors (Lipinski definition) is 3. The number of halogens is 1. The molecule has 0 radical (unpaired) electrons. The molecule has 2 amide bonds. The topological polar surface area (TPSA) is 67.2 Å². The van der Waals surface area contributed by atoms with E-state index in [2.05, 4.69) is 10.4 Å². The highest BCUT2D eigenvalue weighted by molar-refractivity contribution is 6.31. The second-order valence-electron chi connectivity index (χ2n) is 5.83. The van der Waals surface area contributed by atoms with Crippen LogP contribution in [0.5, 0.6) is 0 Å². The van der Waals surface area contributed by atoms with Crippen molar-refractivity contribution in [2.45, 2.75) is 45.7 Å². The third-order valence-electron chi connectivity index (χ3n) is 3.73. The molecule has 0 aliphatic carbocycles. The zero-order chi connectivity index (χ0) is 15.8. The number of hydrogen-bond donors (Lipinski definition) is 1. The summed E-state index contributed by atoms with van der Waals surface area (Å²) in [5.41, 5.74) is 0.726. The van der Waals surface area contributed by atoms with Crippen molar-refractivity contribution in [3.05, 3.63) is 16.4 Å². The Morgan fingerprint density at radius 1 is 1.38 bits per heavy atom. The molecule has 0 unspecified atom stereocenters.